The van der Waals surface area contributed by atoms with Crippen LogP contribution in [0.4, 0.5) is 4.79 Å². The molecule has 42 heavy (non-hydrogen) atoms. The molecule has 2 atom stereocenters. The Bertz CT molecular complexity index is 1420. The van der Waals surface area contributed by atoms with E-state index in [1.807, 2.05) is 65.8 Å². The minimum Gasteiger partial charge on any atom is -0.508 e. The lowest BCUT2D eigenvalue weighted by molar-refractivity contribution is -0.0101. The minimum absolute atomic E-state index is 0.189. The van der Waals surface area contributed by atoms with Gasteiger partial charge in [-0.25, -0.2) is 4.79 Å². The van der Waals surface area contributed by atoms with Gasteiger partial charge in [0.2, 0.25) is 0 Å². The Morgan fingerprint density at radius 2 is 0.905 bits per heavy atom. The lowest BCUT2D eigenvalue weighted by Crippen LogP contribution is -2.21. The molecule has 9 heteroatoms. The first-order chi connectivity index (χ1) is 20.0. The van der Waals surface area contributed by atoms with Crippen molar-refractivity contribution in [3.8, 4) is 11.5 Å². The van der Waals surface area contributed by atoms with Crippen molar-refractivity contribution in [3.63, 3.8) is 0 Å². The van der Waals surface area contributed by atoms with Crippen LogP contribution in [0.3, 0.4) is 0 Å². The molecule has 0 spiro atoms. The highest BCUT2D eigenvalue weighted by atomic mass is 16.7. The van der Waals surface area contributed by atoms with Crippen molar-refractivity contribution in [1.82, 2.24) is 19.9 Å². The Kier molecular flexibility index (Phi) is 9.72. The number of aromatic nitrogens is 4. The van der Waals surface area contributed by atoms with E-state index in [4.69, 9.17) is 19.4 Å². The Morgan fingerprint density at radius 1 is 0.571 bits per heavy atom. The highest BCUT2D eigenvalue weighted by Crippen LogP contribution is 2.30. The number of phenolic OH excluding ortho intramolecular Hbond substituents is 2. The summed E-state index contributed by atoms with van der Waals surface area (Å²) in [4.78, 5) is 32.1. The first-order valence-corrected chi connectivity index (χ1v) is 14.1. The van der Waals surface area contributed by atoms with E-state index >= 15 is 0 Å². The molecule has 0 aliphatic carbocycles. The van der Waals surface area contributed by atoms with Gasteiger partial charge in [0, 0.05) is 0 Å². The molecule has 2 aromatic carbocycles. The molecule has 0 fully saturated rings. The summed E-state index contributed by atoms with van der Waals surface area (Å²) in [5.74, 6) is 0.378. The molecule has 4 aromatic rings. The molecule has 2 N–H and O–H groups in total. The number of ether oxygens (including phenoxy) is 2. The Hall–Kier alpha value is -4.53. The maximum Gasteiger partial charge on any atom is 0.509 e. The third-order valence-electron chi connectivity index (χ3n) is 7.39. The van der Waals surface area contributed by atoms with Gasteiger partial charge in [-0.2, -0.15) is 0 Å². The van der Waals surface area contributed by atoms with Crippen LogP contribution in [-0.4, -0.2) is 36.3 Å². The molecule has 0 saturated heterocycles. The average Bonchev–Trinajstić information content (AvgIpc) is 2.95. The molecular formula is C33H38N4O5. The molecule has 0 aliphatic rings. The molecule has 220 valence electrons. The van der Waals surface area contributed by atoms with Gasteiger partial charge in [-0.1, -0.05) is 24.3 Å². The molecule has 4 rings (SSSR count). The van der Waals surface area contributed by atoms with Crippen molar-refractivity contribution in [3.05, 3.63) is 105 Å². The van der Waals surface area contributed by atoms with Gasteiger partial charge in [0.25, 0.3) is 0 Å². The molecule has 9 nitrogen and oxygen atoms in total. The third-order valence-corrected chi connectivity index (χ3v) is 7.39. The number of benzene rings is 2. The standard InChI is InChI=1S/C33H38N4O5/c1-19-21(3)36-31(23(5)34-19)29(17-11-25-7-13-27(38)14-8-25)41-33(40)42-30(18-12-26-9-15-28(39)16-10-26)32-24(6)35-20(2)22(4)37-32/h7-10,13-16,29-30,38-39H,11-12,17-18H2,1-6H3. The van der Waals surface area contributed by atoms with Crippen LogP contribution in [0.25, 0.3) is 0 Å². The second-order valence-electron chi connectivity index (χ2n) is 10.6. The first kappa shape index (κ1) is 30.4. The predicted octanol–water partition coefficient (Wildman–Crippen LogP) is 6.73. The molecule has 0 radical (unpaired) electrons. The third kappa shape index (κ3) is 7.81. The van der Waals surface area contributed by atoms with Crippen molar-refractivity contribution in [1.29, 1.82) is 0 Å². The molecule has 2 unspecified atom stereocenters. The van der Waals surface area contributed by atoms with Gasteiger partial charge in [-0.15, -0.1) is 0 Å². The SMILES string of the molecule is Cc1nc(C)c(C(CCc2ccc(O)cc2)OC(=O)OC(CCc2ccc(O)cc2)c2nc(C)c(C)nc2C)nc1C. The summed E-state index contributed by atoms with van der Waals surface area (Å²) in [7, 11) is 0. The summed E-state index contributed by atoms with van der Waals surface area (Å²) in [6.07, 6.45) is -0.195. The monoisotopic (exact) mass is 570 g/mol. The summed E-state index contributed by atoms with van der Waals surface area (Å²) in [5.41, 5.74) is 7.64. The van der Waals surface area contributed by atoms with E-state index in [2.05, 4.69) is 9.97 Å². The van der Waals surface area contributed by atoms with Crippen molar-refractivity contribution < 1.29 is 24.5 Å². The van der Waals surface area contributed by atoms with E-state index in [1.165, 1.54) is 0 Å². The fourth-order valence-electron chi connectivity index (χ4n) is 4.76. The van der Waals surface area contributed by atoms with Gasteiger partial charge in [0.1, 0.15) is 35.1 Å². The maximum atomic E-state index is 13.4. The predicted molar refractivity (Wildman–Crippen MR) is 158 cm³/mol. The summed E-state index contributed by atoms with van der Waals surface area (Å²) < 4.78 is 12.0. The van der Waals surface area contributed by atoms with Crippen LogP contribution in [0.1, 0.15) is 81.7 Å². The summed E-state index contributed by atoms with van der Waals surface area (Å²) in [6, 6.07) is 13.9. The lowest BCUT2D eigenvalue weighted by Gasteiger charge is -2.23. The van der Waals surface area contributed by atoms with Crippen LogP contribution in [-0.2, 0) is 22.3 Å². The number of nitrogens with zero attached hydrogens (tertiary/aromatic N) is 4. The van der Waals surface area contributed by atoms with E-state index in [0.717, 1.165) is 33.9 Å². The van der Waals surface area contributed by atoms with Crippen molar-refractivity contribution in [2.24, 2.45) is 0 Å². The zero-order valence-electron chi connectivity index (χ0n) is 25.0. The first-order valence-electron chi connectivity index (χ1n) is 14.1. The van der Waals surface area contributed by atoms with Gasteiger partial charge < -0.3 is 19.7 Å². The number of hydrogen-bond acceptors (Lipinski definition) is 9. The van der Waals surface area contributed by atoms with Gasteiger partial charge in [0.05, 0.1) is 34.2 Å². The minimum atomic E-state index is -0.833. The summed E-state index contributed by atoms with van der Waals surface area (Å²) in [6.45, 7) is 11.2. The average molecular weight is 571 g/mol. The number of carbonyl (C=O) groups excluding carboxylic acids is 1. The van der Waals surface area contributed by atoms with Crippen molar-refractivity contribution in [2.45, 2.75) is 79.4 Å². The molecule has 0 aliphatic heterocycles. The molecule has 2 aromatic heterocycles. The summed E-state index contributed by atoms with van der Waals surface area (Å²) >= 11 is 0. The fraction of sp³-hybridized carbons (Fsp3) is 0.364. The van der Waals surface area contributed by atoms with E-state index in [0.29, 0.717) is 48.5 Å². The number of rotatable bonds is 10. The van der Waals surface area contributed by atoms with Gasteiger partial charge >= 0.3 is 6.16 Å². The van der Waals surface area contributed by atoms with Crippen molar-refractivity contribution >= 4 is 6.16 Å². The molecule has 2 heterocycles. The van der Waals surface area contributed by atoms with E-state index in [9.17, 15) is 15.0 Å². The highest BCUT2D eigenvalue weighted by molar-refractivity contribution is 5.61. The number of phenols is 2. The Morgan fingerprint density at radius 3 is 1.26 bits per heavy atom. The highest BCUT2D eigenvalue weighted by Gasteiger charge is 2.27. The van der Waals surface area contributed by atoms with E-state index in [1.54, 1.807) is 24.3 Å². The van der Waals surface area contributed by atoms with Gasteiger partial charge in [0.15, 0.2) is 0 Å². The molecular weight excluding hydrogens is 532 g/mol. The normalized spacial score (nSPS) is 12.5. The number of hydrogen-bond donors (Lipinski definition) is 2. The van der Waals surface area contributed by atoms with Crippen molar-refractivity contribution in [2.75, 3.05) is 0 Å². The lowest BCUT2D eigenvalue weighted by atomic mass is 10.0. The second kappa shape index (κ2) is 13.4. The number of aromatic hydroxyl groups is 2. The molecule has 0 amide bonds. The maximum absolute atomic E-state index is 13.4. The molecule has 0 saturated carbocycles. The van der Waals surface area contributed by atoms with Crippen LogP contribution in [0, 0.1) is 41.5 Å². The van der Waals surface area contributed by atoms with Crippen LogP contribution in [0.2, 0.25) is 0 Å². The zero-order valence-corrected chi connectivity index (χ0v) is 25.0. The molecule has 0 bridgehead atoms. The largest absolute Gasteiger partial charge is 0.509 e. The Labute approximate surface area is 246 Å². The van der Waals surface area contributed by atoms with Crippen LogP contribution < -0.4 is 0 Å². The number of carbonyl (C=O) groups is 1. The van der Waals surface area contributed by atoms with Crippen LogP contribution in [0.5, 0.6) is 11.5 Å². The van der Waals surface area contributed by atoms with E-state index in [-0.39, 0.29) is 11.5 Å². The summed E-state index contributed by atoms with van der Waals surface area (Å²) in [5, 5.41) is 19.3. The second-order valence-corrected chi connectivity index (χ2v) is 10.6. The zero-order chi connectivity index (χ0) is 30.4. The Balaban J connectivity index is 1.59. The van der Waals surface area contributed by atoms with Gasteiger partial charge in [-0.05, 0) is 103 Å². The van der Waals surface area contributed by atoms with Gasteiger partial charge in [-0.3, -0.25) is 19.9 Å². The van der Waals surface area contributed by atoms with Crippen LogP contribution in [0.15, 0.2) is 48.5 Å². The smallest absolute Gasteiger partial charge is 0.508 e. The van der Waals surface area contributed by atoms with Crippen LogP contribution >= 0.6 is 0 Å². The quantitative estimate of drug-likeness (QED) is 0.199. The fourth-order valence-corrected chi connectivity index (χ4v) is 4.76. The number of aryl methyl sites for hydroxylation is 8. The topological polar surface area (TPSA) is 128 Å². The van der Waals surface area contributed by atoms with E-state index < -0.39 is 18.4 Å².